The fraction of sp³-hybridized carbons (Fsp3) is 0.350. The van der Waals surface area contributed by atoms with Gasteiger partial charge >= 0.3 is 0 Å². The molecule has 1 aromatic carbocycles. The molecule has 2 heterocycles. The first kappa shape index (κ1) is 17.9. The number of benzene rings is 1. The maximum Gasteiger partial charge on any atom is 0.220 e. The van der Waals surface area contributed by atoms with Gasteiger partial charge in [-0.3, -0.25) is 4.79 Å². The van der Waals surface area contributed by atoms with Crippen molar-refractivity contribution in [2.24, 2.45) is 0 Å². The smallest absolute Gasteiger partial charge is 0.220 e. The SMILES string of the molecule is Cc1noc(C)c1CCC(=O)NCCc1nccn1Cc1ccccc1. The van der Waals surface area contributed by atoms with Crippen molar-refractivity contribution in [2.45, 2.75) is 39.7 Å². The van der Waals surface area contributed by atoms with Gasteiger partial charge in [-0.1, -0.05) is 35.5 Å². The standard InChI is InChI=1S/C20H24N4O2/c1-15-18(16(2)26-23-15)8-9-20(25)22-11-10-19-21-12-13-24(19)14-17-6-4-3-5-7-17/h3-7,12-13H,8-11,14H2,1-2H3,(H,22,25). The molecule has 0 atom stereocenters. The van der Waals surface area contributed by atoms with Gasteiger partial charge in [0.2, 0.25) is 5.91 Å². The van der Waals surface area contributed by atoms with Crippen LogP contribution in [-0.4, -0.2) is 27.2 Å². The van der Waals surface area contributed by atoms with Crippen LogP contribution in [0.3, 0.4) is 0 Å². The Kier molecular flexibility index (Phi) is 5.84. The first-order valence-corrected chi connectivity index (χ1v) is 8.86. The minimum Gasteiger partial charge on any atom is -0.361 e. The molecule has 0 saturated carbocycles. The van der Waals surface area contributed by atoms with Crippen LogP contribution < -0.4 is 5.32 Å². The number of amides is 1. The molecule has 0 saturated heterocycles. The fourth-order valence-corrected chi connectivity index (χ4v) is 2.99. The third-order valence-corrected chi connectivity index (χ3v) is 4.45. The number of rotatable bonds is 8. The molecular weight excluding hydrogens is 328 g/mol. The Labute approximate surface area is 153 Å². The van der Waals surface area contributed by atoms with Crippen LogP contribution in [0, 0.1) is 13.8 Å². The molecule has 0 aliphatic rings. The third-order valence-electron chi connectivity index (χ3n) is 4.45. The van der Waals surface area contributed by atoms with Crippen LogP contribution in [0.15, 0.2) is 47.2 Å². The van der Waals surface area contributed by atoms with E-state index in [4.69, 9.17) is 4.52 Å². The van der Waals surface area contributed by atoms with E-state index in [1.807, 2.05) is 38.2 Å². The number of nitrogens with one attached hydrogen (secondary N) is 1. The molecule has 0 aliphatic heterocycles. The van der Waals surface area contributed by atoms with Crippen molar-refractivity contribution in [1.29, 1.82) is 0 Å². The van der Waals surface area contributed by atoms with E-state index in [0.29, 0.717) is 25.8 Å². The van der Waals surface area contributed by atoms with E-state index in [-0.39, 0.29) is 5.91 Å². The van der Waals surface area contributed by atoms with E-state index in [2.05, 4.69) is 32.2 Å². The summed E-state index contributed by atoms with van der Waals surface area (Å²) in [6.45, 7) is 5.14. The van der Waals surface area contributed by atoms with E-state index < -0.39 is 0 Å². The Hall–Kier alpha value is -2.89. The summed E-state index contributed by atoms with van der Waals surface area (Å²) in [4.78, 5) is 16.5. The summed E-state index contributed by atoms with van der Waals surface area (Å²) in [5, 5.41) is 6.89. The van der Waals surface area contributed by atoms with Crippen LogP contribution >= 0.6 is 0 Å². The van der Waals surface area contributed by atoms with Crippen LogP contribution in [0.25, 0.3) is 0 Å². The lowest BCUT2D eigenvalue weighted by Crippen LogP contribution is -2.26. The highest BCUT2D eigenvalue weighted by molar-refractivity contribution is 5.76. The van der Waals surface area contributed by atoms with Gasteiger partial charge < -0.3 is 14.4 Å². The number of aromatic nitrogens is 3. The zero-order chi connectivity index (χ0) is 18.4. The molecule has 0 unspecified atom stereocenters. The van der Waals surface area contributed by atoms with Crippen LogP contribution in [0.1, 0.15) is 34.8 Å². The van der Waals surface area contributed by atoms with Gasteiger partial charge in [0.1, 0.15) is 11.6 Å². The number of hydrogen-bond acceptors (Lipinski definition) is 4. The second-order valence-electron chi connectivity index (χ2n) is 6.36. The van der Waals surface area contributed by atoms with E-state index in [0.717, 1.165) is 29.4 Å². The van der Waals surface area contributed by atoms with Gasteiger partial charge in [-0.25, -0.2) is 4.98 Å². The molecule has 0 radical (unpaired) electrons. The summed E-state index contributed by atoms with van der Waals surface area (Å²) in [6.07, 6.45) is 5.56. The molecule has 0 aliphatic carbocycles. The van der Waals surface area contributed by atoms with E-state index >= 15 is 0 Å². The molecule has 0 bridgehead atoms. The van der Waals surface area contributed by atoms with Gasteiger partial charge in [-0.15, -0.1) is 0 Å². The van der Waals surface area contributed by atoms with Gasteiger partial charge in [0.05, 0.1) is 5.69 Å². The number of hydrogen-bond donors (Lipinski definition) is 1. The van der Waals surface area contributed by atoms with Gasteiger partial charge in [-0.2, -0.15) is 0 Å². The molecule has 2 aromatic heterocycles. The monoisotopic (exact) mass is 352 g/mol. The van der Waals surface area contributed by atoms with Crippen molar-refractivity contribution in [1.82, 2.24) is 20.0 Å². The number of imidazole rings is 1. The van der Waals surface area contributed by atoms with Gasteiger partial charge in [-0.05, 0) is 25.8 Å². The Morgan fingerprint density at radius 3 is 2.73 bits per heavy atom. The maximum absolute atomic E-state index is 12.1. The quantitative estimate of drug-likeness (QED) is 0.676. The summed E-state index contributed by atoms with van der Waals surface area (Å²) < 4.78 is 7.24. The van der Waals surface area contributed by atoms with Crippen molar-refractivity contribution in [2.75, 3.05) is 6.54 Å². The molecule has 6 heteroatoms. The molecular formula is C20H24N4O2. The topological polar surface area (TPSA) is 73.0 Å². The second kappa shape index (κ2) is 8.47. The van der Waals surface area contributed by atoms with E-state index in [9.17, 15) is 4.79 Å². The first-order chi connectivity index (χ1) is 12.6. The van der Waals surface area contributed by atoms with Crippen molar-refractivity contribution < 1.29 is 9.32 Å². The lowest BCUT2D eigenvalue weighted by Gasteiger charge is -2.09. The lowest BCUT2D eigenvalue weighted by molar-refractivity contribution is -0.121. The van der Waals surface area contributed by atoms with Crippen molar-refractivity contribution in [3.8, 4) is 0 Å². The van der Waals surface area contributed by atoms with E-state index in [1.165, 1.54) is 5.56 Å². The largest absolute Gasteiger partial charge is 0.361 e. The molecule has 6 nitrogen and oxygen atoms in total. The van der Waals surface area contributed by atoms with Crippen molar-refractivity contribution in [3.63, 3.8) is 0 Å². The van der Waals surface area contributed by atoms with Crippen LogP contribution in [0.2, 0.25) is 0 Å². The third kappa shape index (κ3) is 4.59. The average molecular weight is 352 g/mol. The molecule has 136 valence electrons. The Bertz CT molecular complexity index is 832. The van der Waals surface area contributed by atoms with Crippen LogP contribution in [-0.2, 0) is 24.2 Å². The Morgan fingerprint density at radius 1 is 1.19 bits per heavy atom. The molecule has 0 fully saturated rings. The highest BCUT2D eigenvalue weighted by Crippen LogP contribution is 2.14. The lowest BCUT2D eigenvalue weighted by atomic mass is 10.1. The Morgan fingerprint density at radius 2 is 2.00 bits per heavy atom. The number of aryl methyl sites for hydroxylation is 2. The Balaban J connectivity index is 1.45. The summed E-state index contributed by atoms with van der Waals surface area (Å²) >= 11 is 0. The zero-order valence-electron chi connectivity index (χ0n) is 15.2. The normalized spacial score (nSPS) is 10.8. The fourth-order valence-electron chi connectivity index (χ4n) is 2.99. The maximum atomic E-state index is 12.1. The molecule has 3 rings (SSSR count). The van der Waals surface area contributed by atoms with Crippen molar-refractivity contribution in [3.05, 3.63) is 71.1 Å². The zero-order valence-corrected chi connectivity index (χ0v) is 15.2. The van der Waals surface area contributed by atoms with Gasteiger partial charge in [0.25, 0.3) is 0 Å². The first-order valence-electron chi connectivity index (χ1n) is 8.86. The molecule has 3 aromatic rings. The predicted molar refractivity (Wildman–Crippen MR) is 98.8 cm³/mol. The summed E-state index contributed by atoms with van der Waals surface area (Å²) in [6, 6.07) is 10.3. The average Bonchev–Trinajstić information content (AvgIpc) is 3.21. The number of nitrogens with zero attached hydrogens (tertiary/aromatic N) is 3. The molecule has 26 heavy (non-hydrogen) atoms. The summed E-state index contributed by atoms with van der Waals surface area (Å²) in [5.41, 5.74) is 3.12. The van der Waals surface area contributed by atoms with Crippen molar-refractivity contribution >= 4 is 5.91 Å². The second-order valence-corrected chi connectivity index (χ2v) is 6.36. The highest BCUT2D eigenvalue weighted by Gasteiger charge is 2.11. The van der Waals surface area contributed by atoms with Crippen LogP contribution in [0.5, 0.6) is 0 Å². The molecule has 1 N–H and O–H groups in total. The van der Waals surface area contributed by atoms with Gasteiger partial charge in [0.15, 0.2) is 0 Å². The minimum absolute atomic E-state index is 0.0335. The molecule has 1 amide bonds. The summed E-state index contributed by atoms with van der Waals surface area (Å²) in [7, 11) is 0. The summed E-state index contributed by atoms with van der Waals surface area (Å²) in [5.74, 6) is 1.80. The highest BCUT2D eigenvalue weighted by atomic mass is 16.5. The van der Waals surface area contributed by atoms with Gasteiger partial charge in [0, 0.05) is 43.9 Å². The predicted octanol–water partition coefficient (Wildman–Crippen LogP) is 2.83. The van der Waals surface area contributed by atoms with Crippen LogP contribution in [0.4, 0.5) is 0 Å². The molecule has 0 spiro atoms. The number of carbonyl (C=O) groups is 1. The van der Waals surface area contributed by atoms with E-state index in [1.54, 1.807) is 6.20 Å². The number of carbonyl (C=O) groups excluding carboxylic acids is 1. The minimum atomic E-state index is 0.0335.